The number of aromatic nitrogens is 3. The largest absolute Gasteiger partial charge is 0.494 e. The monoisotopic (exact) mass is 343 g/mol. The number of pyridine rings is 1. The number of benzene rings is 1. The van der Waals surface area contributed by atoms with Gasteiger partial charge in [0.05, 0.1) is 18.1 Å². The minimum atomic E-state index is -0.793. The highest BCUT2D eigenvalue weighted by atomic mass is 19.1. The highest BCUT2D eigenvalue weighted by Gasteiger charge is 2.19. The van der Waals surface area contributed by atoms with Crippen molar-refractivity contribution in [1.29, 1.82) is 0 Å². The molecule has 0 bridgehead atoms. The van der Waals surface area contributed by atoms with Crippen molar-refractivity contribution in [3.63, 3.8) is 0 Å². The highest BCUT2D eigenvalue weighted by molar-refractivity contribution is 5.65. The number of hydrogen-bond donors (Lipinski definition) is 1. The van der Waals surface area contributed by atoms with Crippen LogP contribution < -0.4 is 10.1 Å². The molecule has 1 N–H and O–H groups in total. The summed E-state index contributed by atoms with van der Waals surface area (Å²) in [6.45, 7) is 0.235. The molecule has 3 rings (SSSR count). The molecule has 9 heteroatoms. The van der Waals surface area contributed by atoms with Crippen LogP contribution in [0.5, 0.6) is 5.75 Å². The lowest BCUT2D eigenvalue weighted by molar-refractivity contribution is -0.384. The van der Waals surface area contributed by atoms with Crippen LogP contribution in [-0.2, 0) is 6.54 Å². The van der Waals surface area contributed by atoms with Gasteiger partial charge in [0.2, 0.25) is 0 Å². The number of ether oxygens (including phenoxy) is 1. The summed E-state index contributed by atoms with van der Waals surface area (Å²) in [5, 5.41) is 18.3. The number of nitrogens with zero attached hydrogens (tertiary/aromatic N) is 4. The van der Waals surface area contributed by atoms with Gasteiger partial charge in [-0.2, -0.15) is 5.10 Å². The van der Waals surface area contributed by atoms with E-state index in [4.69, 9.17) is 4.74 Å². The molecule has 3 aromatic rings. The Kier molecular flexibility index (Phi) is 4.55. The fraction of sp³-hybridized carbons (Fsp3) is 0.125. The maximum absolute atomic E-state index is 13.7. The Balaban J connectivity index is 1.91. The molecule has 128 valence electrons. The molecule has 0 radical (unpaired) electrons. The van der Waals surface area contributed by atoms with Crippen LogP contribution in [-0.4, -0.2) is 26.8 Å². The number of hydrogen-bond acceptors (Lipinski definition) is 6. The van der Waals surface area contributed by atoms with Crippen molar-refractivity contribution in [3.8, 4) is 11.6 Å². The summed E-state index contributed by atoms with van der Waals surface area (Å²) < 4.78 is 20.2. The van der Waals surface area contributed by atoms with E-state index in [1.165, 1.54) is 13.2 Å². The summed E-state index contributed by atoms with van der Waals surface area (Å²) in [7, 11) is 1.30. The minimum Gasteiger partial charge on any atom is -0.494 e. The van der Waals surface area contributed by atoms with E-state index in [-0.39, 0.29) is 23.7 Å². The van der Waals surface area contributed by atoms with Gasteiger partial charge in [-0.25, -0.2) is 14.1 Å². The minimum absolute atomic E-state index is 0.0772. The number of rotatable bonds is 6. The Morgan fingerprint density at radius 1 is 1.36 bits per heavy atom. The second kappa shape index (κ2) is 6.95. The maximum atomic E-state index is 13.7. The van der Waals surface area contributed by atoms with Crippen molar-refractivity contribution in [1.82, 2.24) is 14.8 Å². The molecule has 0 aliphatic carbocycles. The van der Waals surface area contributed by atoms with Crippen molar-refractivity contribution < 1.29 is 14.1 Å². The summed E-state index contributed by atoms with van der Waals surface area (Å²) in [4.78, 5) is 14.8. The molecular weight excluding hydrogens is 329 g/mol. The van der Waals surface area contributed by atoms with Crippen LogP contribution in [0.15, 0.2) is 48.9 Å². The first-order chi connectivity index (χ1) is 12.1. The van der Waals surface area contributed by atoms with E-state index in [9.17, 15) is 14.5 Å². The molecule has 2 aromatic heterocycles. The smallest absolute Gasteiger partial charge is 0.295 e. The normalized spacial score (nSPS) is 10.5. The second-order valence-electron chi connectivity index (χ2n) is 5.05. The van der Waals surface area contributed by atoms with Gasteiger partial charge in [-0.3, -0.25) is 10.1 Å². The van der Waals surface area contributed by atoms with Crippen molar-refractivity contribution in [3.05, 3.63) is 70.4 Å². The van der Waals surface area contributed by atoms with Gasteiger partial charge >= 0.3 is 0 Å². The number of methoxy groups -OCH3 is 1. The Bertz CT molecular complexity index is 899. The van der Waals surface area contributed by atoms with E-state index in [1.54, 1.807) is 35.4 Å². The van der Waals surface area contributed by atoms with Crippen molar-refractivity contribution >= 4 is 11.4 Å². The molecule has 2 heterocycles. The van der Waals surface area contributed by atoms with Crippen LogP contribution in [0, 0.1) is 15.9 Å². The van der Waals surface area contributed by atoms with Crippen LogP contribution in [0.2, 0.25) is 0 Å². The summed E-state index contributed by atoms with van der Waals surface area (Å²) in [5.41, 5.74) is 0.546. The van der Waals surface area contributed by atoms with Gasteiger partial charge in [-0.1, -0.05) is 6.07 Å². The fourth-order valence-electron chi connectivity index (χ4n) is 2.35. The topological polar surface area (TPSA) is 95.1 Å². The summed E-state index contributed by atoms with van der Waals surface area (Å²) in [5.74, 6) is -0.276. The van der Waals surface area contributed by atoms with Gasteiger partial charge in [-0.05, 0) is 12.1 Å². The quantitative estimate of drug-likeness (QED) is 0.546. The van der Waals surface area contributed by atoms with Gasteiger partial charge in [0.15, 0.2) is 17.4 Å². The molecule has 0 saturated heterocycles. The number of nitrogens with one attached hydrogen (secondary N) is 1. The summed E-state index contributed by atoms with van der Waals surface area (Å²) >= 11 is 0. The summed E-state index contributed by atoms with van der Waals surface area (Å²) in [6.07, 6.45) is 5.00. The van der Waals surface area contributed by atoms with Crippen LogP contribution in [0.3, 0.4) is 0 Å². The fourth-order valence-corrected chi connectivity index (χ4v) is 2.35. The van der Waals surface area contributed by atoms with E-state index in [0.29, 0.717) is 5.82 Å². The second-order valence-corrected chi connectivity index (χ2v) is 5.05. The zero-order chi connectivity index (χ0) is 17.8. The molecule has 0 fully saturated rings. The number of nitro benzene ring substituents is 1. The van der Waals surface area contributed by atoms with Crippen molar-refractivity contribution in [2.45, 2.75) is 6.54 Å². The molecule has 0 aliphatic rings. The Labute approximate surface area is 142 Å². The lowest BCUT2D eigenvalue weighted by atomic mass is 10.2. The van der Waals surface area contributed by atoms with Crippen LogP contribution >= 0.6 is 0 Å². The van der Waals surface area contributed by atoms with Gasteiger partial charge in [0, 0.05) is 36.8 Å². The molecule has 0 atom stereocenters. The SMILES string of the molecule is COc1cc(NCc2cccnc2-n2cccn2)c([N+](=O)[O-])cc1F. The Morgan fingerprint density at radius 3 is 2.88 bits per heavy atom. The number of halogens is 1. The van der Waals surface area contributed by atoms with Crippen molar-refractivity contribution in [2.75, 3.05) is 12.4 Å². The Morgan fingerprint density at radius 2 is 2.20 bits per heavy atom. The van der Waals surface area contributed by atoms with E-state index >= 15 is 0 Å². The molecular formula is C16H14FN5O3. The maximum Gasteiger partial charge on any atom is 0.295 e. The number of nitro groups is 1. The standard InChI is InChI=1S/C16H14FN5O3/c1-25-15-9-13(14(22(23)24)8-12(15)17)19-10-11-4-2-5-18-16(11)21-7-3-6-20-21/h2-9,19H,10H2,1H3. The third kappa shape index (κ3) is 3.39. The first-order valence-corrected chi connectivity index (χ1v) is 7.30. The molecule has 8 nitrogen and oxygen atoms in total. The average molecular weight is 343 g/mol. The highest BCUT2D eigenvalue weighted by Crippen LogP contribution is 2.32. The zero-order valence-electron chi connectivity index (χ0n) is 13.2. The van der Waals surface area contributed by atoms with E-state index in [0.717, 1.165) is 11.6 Å². The molecule has 0 aliphatic heterocycles. The van der Waals surface area contributed by atoms with Gasteiger partial charge < -0.3 is 10.1 Å². The molecule has 0 spiro atoms. The predicted octanol–water partition coefficient (Wildman–Crippen LogP) is 2.94. The van der Waals surface area contributed by atoms with E-state index in [1.807, 2.05) is 6.07 Å². The molecule has 1 aromatic carbocycles. The zero-order valence-corrected chi connectivity index (χ0v) is 13.2. The molecule has 0 unspecified atom stereocenters. The molecule has 0 amide bonds. The van der Waals surface area contributed by atoms with E-state index in [2.05, 4.69) is 15.4 Å². The Hall–Kier alpha value is -3.49. The van der Waals surface area contributed by atoms with Gasteiger partial charge in [0.25, 0.3) is 5.69 Å². The van der Waals surface area contributed by atoms with Gasteiger partial charge in [0.1, 0.15) is 5.69 Å². The van der Waals surface area contributed by atoms with Crippen LogP contribution in [0.4, 0.5) is 15.8 Å². The molecule has 0 saturated carbocycles. The van der Waals surface area contributed by atoms with Crippen LogP contribution in [0.25, 0.3) is 5.82 Å². The third-order valence-corrected chi connectivity index (χ3v) is 3.53. The first-order valence-electron chi connectivity index (χ1n) is 7.30. The van der Waals surface area contributed by atoms with Crippen LogP contribution in [0.1, 0.15) is 5.56 Å². The lowest BCUT2D eigenvalue weighted by Crippen LogP contribution is -2.09. The summed E-state index contributed by atoms with van der Waals surface area (Å²) in [6, 6.07) is 7.44. The number of anilines is 1. The average Bonchev–Trinajstić information content (AvgIpc) is 3.15. The van der Waals surface area contributed by atoms with Gasteiger partial charge in [-0.15, -0.1) is 0 Å². The third-order valence-electron chi connectivity index (χ3n) is 3.53. The first kappa shape index (κ1) is 16.4. The molecule has 25 heavy (non-hydrogen) atoms. The van der Waals surface area contributed by atoms with Crippen molar-refractivity contribution in [2.24, 2.45) is 0 Å². The predicted molar refractivity (Wildman–Crippen MR) is 88.3 cm³/mol. The van der Waals surface area contributed by atoms with E-state index < -0.39 is 10.7 Å². The lowest BCUT2D eigenvalue weighted by Gasteiger charge is -2.12.